The molecule has 1 aliphatic rings. The highest BCUT2D eigenvalue weighted by Crippen LogP contribution is 2.23. The second-order valence-electron chi connectivity index (χ2n) is 7.72. The molecule has 158 valence electrons. The Labute approximate surface area is 182 Å². The van der Waals surface area contributed by atoms with E-state index >= 15 is 0 Å². The fraction of sp³-hybridized carbons (Fsp3) is 0.231. The average Bonchev–Trinajstić information content (AvgIpc) is 3.35. The van der Waals surface area contributed by atoms with E-state index in [2.05, 4.69) is 17.4 Å². The van der Waals surface area contributed by atoms with Crippen molar-refractivity contribution in [3.8, 4) is 16.9 Å². The summed E-state index contributed by atoms with van der Waals surface area (Å²) in [6.45, 7) is 3.35. The first-order chi connectivity index (χ1) is 15.1. The minimum Gasteiger partial charge on any atom is -0.481 e. The van der Waals surface area contributed by atoms with Crippen LogP contribution in [0, 0.1) is 0 Å². The highest BCUT2D eigenvalue weighted by atomic mass is 16.5. The van der Waals surface area contributed by atoms with E-state index in [1.165, 1.54) is 0 Å². The van der Waals surface area contributed by atoms with Crippen LogP contribution in [0.1, 0.15) is 30.1 Å². The van der Waals surface area contributed by atoms with Crippen LogP contribution < -0.4 is 10.1 Å². The van der Waals surface area contributed by atoms with Crippen molar-refractivity contribution in [2.75, 3.05) is 18.4 Å². The van der Waals surface area contributed by atoms with Crippen molar-refractivity contribution in [2.24, 2.45) is 0 Å². The molecule has 0 aromatic heterocycles. The molecule has 0 radical (unpaired) electrons. The fourth-order valence-corrected chi connectivity index (χ4v) is 3.66. The van der Waals surface area contributed by atoms with Crippen LogP contribution in [0.15, 0.2) is 78.9 Å². The number of carbonyl (C=O) groups is 2. The lowest BCUT2D eigenvalue weighted by atomic mass is 10.1. The van der Waals surface area contributed by atoms with Crippen LogP contribution in [0.5, 0.6) is 5.75 Å². The van der Waals surface area contributed by atoms with E-state index in [4.69, 9.17) is 4.74 Å². The molecule has 5 heteroatoms. The Balaban J connectivity index is 1.32. The third-order valence-corrected chi connectivity index (χ3v) is 5.44. The number of benzene rings is 3. The van der Waals surface area contributed by atoms with Crippen LogP contribution in [0.4, 0.5) is 5.69 Å². The van der Waals surface area contributed by atoms with Crippen molar-refractivity contribution >= 4 is 17.5 Å². The van der Waals surface area contributed by atoms with Crippen molar-refractivity contribution in [3.63, 3.8) is 0 Å². The summed E-state index contributed by atoms with van der Waals surface area (Å²) in [5.74, 6) is 0.436. The summed E-state index contributed by atoms with van der Waals surface area (Å²) in [5.41, 5.74) is 3.50. The molecule has 1 atom stereocenters. The van der Waals surface area contributed by atoms with E-state index in [1.54, 1.807) is 31.2 Å². The van der Waals surface area contributed by atoms with Gasteiger partial charge in [-0.1, -0.05) is 42.5 Å². The quantitative estimate of drug-likeness (QED) is 0.618. The van der Waals surface area contributed by atoms with Crippen LogP contribution in [-0.2, 0) is 4.79 Å². The Morgan fingerprint density at radius 1 is 0.839 bits per heavy atom. The van der Waals surface area contributed by atoms with E-state index in [-0.39, 0.29) is 11.8 Å². The molecule has 1 N–H and O–H groups in total. The maximum Gasteiger partial charge on any atom is 0.265 e. The van der Waals surface area contributed by atoms with Gasteiger partial charge in [0.25, 0.3) is 11.8 Å². The van der Waals surface area contributed by atoms with Crippen LogP contribution in [0.3, 0.4) is 0 Å². The topological polar surface area (TPSA) is 58.6 Å². The van der Waals surface area contributed by atoms with Gasteiger partial charge in [0.15, 0.2) is 6.10 Å². The van der Waals surface area contributed by atoms with Crippen LogP contribution in [0.2, 0.25) is 0 Å². The number of nitrogens with one attached hydrogen (secondary N) is 1. The molecule has 1 fully saturated rings. The normalized spacial score (nSPS) is 14.2. The minimum atomic E-state index is -0.659. The van der Waals surface area contributed by atoms with E-state index in [1.807, 2.05) is 47.4 Å². The molecule has 1 unspecified atom stereocenters. The van der Waals surface area contributed by atoms with Crippen LogP contribution in [0.25, 0.3) is 11.1 Å². The maximum absolute atomic E-state index is 12.5. The average molecular weight is 415 g/mol. The van der Waals surface area contributed by atoms with Gasteiger partial charge < -0.3 is 15.0 Å². The second-order valence-corrected chi connectivity index (χ2v) is 7.72. The highest BCUT2D eigenvalue weighted by molar-refractivity contribution is 5.97. The first kappa shape index (κ1) is 20.7. The molecule has 0 aliphatic carbocycles. The molecule has 4 rings (SSSR count). The Morgan fingerprint density at radius 3 is 2.10 bits per heavy atom. The molecular formula is C26H26N2O3. The summed E-state index contributed by atoms with van der Waals surface area (Å²) in [7, 11) is 0. The highest BCUT2D eigenvalue weighted by Gasteiger charge is 2.20. The predicted molar refractivity (Wildman–Crippen MR) is 122 cm³/mol. The molecular weight excluding hydrogens is 388 g/mol. The number of carbonyl (C=O) groups excluding carboxylic acids is 2. The monoisotopic (exact) mass is 414 g/mol. The van der Waals surface area contributed by atoms with Gasteiger partial charge in [-0.2, -0.15) is 0 Å². The maximum atomic E-state index is 12.5. The van der Waals surface area contributed by atoms with Gasteiger partial charge in [-0.05, 0) is 67.3 Å². The lowest BCUT2D eigenvalue weighted by Crippen LogP contribution is -2.30. The summed E-state index contributed by atoms with van der Waals surface area (Å²) in [6.07, 6.45) is 1.47. The molecule has 2 amide bonds. The third kappa shape index (κ3) is 5.12. The number of rotatable bonds is 6. The predicted octanol–water partition coefficient (Wildman–Crippen LogP) is 5.00. The molecule has 5 nitrogen and oxygen atoms in total. The lowest BCUT2D eigenvalue weighted by Gasteiger charge is -2.16. The van der Waals surface area contributed by atoms with E-state index < -0.39 is 6.10 Å². The first-order valence-corrected chi connectivity index (χ1v) is 10.6. The molecule has 0 saturated carbocycles. The SMILES string of the molecule is CC(Oc1ccc(-c2ccccc2)cc1)C(=O)Nc1ccc(C(=O)N2CCCC2)cc1. The molecule has 3 aromatic carbocycles. The molecule has 0 bridgehead atoms. The molecule has 31 heavy (non-hydrogen) atoms. The van der Waals surface area contributed by atoms with Crippen molar-refractivity contribution in [3.05, 3.63) is 84.4 Å². The van der Waals surface area contributed by atoms with Crippen molar-refractivity contribution < 1.29 is 14.3 Å². The van der Waals surface area contributed by atoms with Gasteiger partial charge >= 0.3 is 0 Å². The minimum absolute atomic E-state index is 0.0472. The van der Waals surface area contributed by atoms with Crippen molar-refractivity contribution in [1.82, 2.24) is 4.90 Å². The summed E-state index contributed by atoms with van der Waals surface area (Å²) in [6, 6.07) is 24.8. The van der Waals surface area contributed by atoms with Gasteiger partial charge in [0.05, 0.1) is 0 Å². The zero-order valence-electron chi connectivity index (χ0n) is 17.6. The number of hydrogen-bond acceptors (Lipinski definition) is 3. The first-order valence-electron chi connectivity index (χ1n) is 10.6. The van der Waals surface area contributed by atoms with Gasteiger partial charge in [0.1, 0.15) is 5.75 Å². The zero-order valence-corrected chi connectivity index (χ0v) is 17.6. The third-order valence-electron chi connectivity index (χ3n) is 5.44. The van der Waals surface area contributed by atoms with Crippen LogP contribution >= 0.6 is 0 Å². The van der Waals surface area contributed by atoms with Gasteiger partial charge in [0.2, 0.25) is 0 Å². The zero-order chi connectivity index (χ0) is 21.6. The lowest BCUT2D eigenvalue weighted by molar-refractivity contribution is -0.122. The molecule has 1 heterocycles. The Bertz CT molecular complexity index is 1020. The van der Waals surface area contributed by atoms with Crippen molar-refractivity contribution in [1.29, 1.82) is 0 Å². The number of likely N-dealkylation sites (tertiary alicyclic amines) is 1. The van der Waals surface area contributed by atoms with Gasteiger partial charge in [0, 0.05) is 24.3 Å². The van der Waals surface area contributed by atoms with Crippen molar-refractivity contribution in [2.45, 2.75) is 25.9 Å². The number of hydrogen-bond donors (Lipinski definition) is 1. The summed E-state index contributed by atoms with van der Waals surface area (Å²) < 4.78 is 5.80. The molecule has 1 saturated heterocycles. The Kier molecular flexibility index (Phi) is 6.32. The summed E-state index contributed by atoms with van der Waals surface area (Å²) in [5, 5.41) is 2.85. The smallest absolute Gasteiger partial charge is 0.265 e. The van der Waals surface area contributed by atoms with Gasteiger partial charge in [-0.25, -0.2) is 0 Å². The Hall–Kier alpha value is -3.60. The number of nitrogens with zero attached hydrogens (tertiary/aromatic N) is 1. The van der Waals surface area contributed by atoms with Crippen LogP contribution in [-0.4, -0.2) is 35.9 Å². The number of anilines is 1. The second kappa shape index (κ2) is 9.47. The van der Waals surface area contributed by atoms with Gasteiger partial charge in [-0.3, -0.25) is 9.59 Å². The van der Waals surface area contributed by atoms with E-state index in [9.17, 15) is 9.59 Å². The molecule has 3 aromatic rings. The standard InChI is InChI=1S/C26H26N2O3/c1-19(31-24-15-11-21(12-16-24)20-7-3-2-4-8-20)25(29)27-23-13-9-22(10-14-23)26(30)28-17-5-6-18-28/h2-4,7-16,19H,5-6,17-18H2,1H3,(H,27,29). The Morgan fingerprint density at radius 2 is 1.45 bits per heavy atom. The van der Waals surface area contributed by atoms with E-state index in [0.717, 1.165) is 37.1 Å². The number of ether oxygens (including phenoxy) is 1. The molecule has 0 spiro atoms. The fourth-order valence-electron chi connectivity index (χ4n) is 3.66. The van der Waals surface area contributed by atoms with Gasteiger partial charge in [-0.15, -0.1) is 0 Å². The summed E-state index contributed by atoms with van der Waals surface area (Å²) >= 11 is 0. The summed E-state index contributed by atoms with van der Waals surface area (Å²) in [4.78, 5) is 26.8. The molecule has 1 aliphatic heterocycles. The largest absolute Gasteiger partial charge is 0.481 e. The van der Waals surface area contributed by atoms with E-state index in [0.29, 0.717) is 17.0 Å². The number of amides is 2.